The van der Waals surface area contributed by atoms with Gasteiger partial charge in [0.25, 0.3) is 0 Å². The van der Waals surface area contributed by atoms with Gasteiger partial charge in [-0.2, -0.15) is 0 Å². The largest absolute Gasteiger partial charge is 0.311 e. The van der Waals surface area contributed by atoms with Crippen LogP contribution in [-0.4, -0.2) is 4.57 Å². The van der Waals surface area contributed by atoms with Crippen LogP contribution >= 0.6 is 0 Å². The molecule has 0 aliphatic carbocycles. The summed E-state index contributed by atoms with van der Waals surface area (Å²) >= 11 is 0. The zero-order valence-electron chi connectivity index (χ0n) is 36.0. The van der Waals surface area contributed by atoms with Crippen LogP contribution in [0.2, 0.25) is 0 Å². The van der Waals surface area contributed by atoms with Gasteiger partial charge in [0.2, 0.25) is 0 Å². The van der Waals surface area contributed by atoms with Gasteiger partial charge in [-0.3, -0.25) is 0 Å². The number of anilines is 6. The third-order valence-electron chi connectivity index (χ3n) is 11.2. The summed E-state index contributed by atoms with van der Waals surface area (Å²) < 4.78 is 39.6. The lowest BCUT2D eigenvalue weighted by Crippen LogP contribution is -2.10. The Balaban J connectivity index is 1.05. The molecule has 59 heavy (non-hydrogen) atoms. The Hall–Kier alpha value is -7.88. The van der Waals surface area contributed by atoms with Crippen LogP contribution in [-0.2, 0) is 0 Å². The normalized spacial score (nSPS) is 12.3. The summed E-state index contributed by atoms with van der Waals surface area (Å²) in [6, 6.07) is 71.7. The Morgan fingerprint density at radius 3 is 1.66 bits per heavy atom. The van der Waals surface area contributed by atoms with Crippen LogP contribution < -0.4 is 9.80 Å². The summed E-state index contributed by atoms with van der Waals surface area (Å²) in [5.41, 5.74) is 8.97. The maximum atomic E-state index is 9.32. The Kier molecular flexibility index (Phi) is 7.48. The maximum absolute atomic E-state index is 9.32. The zero-order chi connectivity index (χ0) is 42.6. The fourth-order valence-electron chi connectivity index (χ4n) is 8.43. The lowest BCUT2D eigenvalue weighted by Gasteiger charge is -2.27. The minimum Gasteiger partial charge on any atom is -0.311 e. The molecular weight excluding hydrogens is 715 g/mol. The summed E-state index contributed by atoms with van der Waals surface area (Å²) in [7, 11) is 0. The third-order valence-corrected chi connectivity index (χ3v) is 11.2. The predicted octanol–water partition coefficient (Wildman–Crippen LogP) is 15.7. The van der Waals surface area contributed by atoms with E-state index in [1.165, 1.54) is 10.8 Å². The van der Waals surface area contributed by atoms with E-state index in [0.29, 0.717) is 5.56 Å². The average Bonchev–Trinajstić information content (AvgIpc) is 3.67. The number of aromatic nitrogens is 1. The molecular formula is C56H39N3. The summed E-state index contributed by atoms with van der Waals surface area (Å²) in [5.74, 6) is 0. The van der Waals surface area contributed by atoms with Crippen LogP contribution in [0.4, 0.5) is 34.1 Å². The molecule has 0 unspecified atom stereocenters. The van der Waals surface area contributed by atoms with Gasteiger partial charge >= 0.3 is 0 Å². The highest BCUT2D eigenvalue weighted by Crippen LogP contribution is 2.43. The molecule has 11 rings (SSSR count). The lowest BCUT2D eigenvalue weighted by molar-refractivity contribution is 1.18. The van der Waals surface area contributed by atoms with E-state index >= 15 is 0 Å². The molecule has 0 radical (unpaired) electrons. The minimum absolute atomic E-state index is 0.0933. The van der Waals surface area contributed by atoms with E-state index in [-0.39, 0.29) is 35.4 Å². The number of para-hydroxylation sites is 4. The van der Waals surface area contributed by atoms with E-state index in [1.54, 1.807) is 4.90 Å². The molecule has 1 aromatic heterocycles. The van der Waals surface area contributed by atoms with E-state index in [1.807, 2.05) is 84.9 Å². The van der Waals surface area contributed by atoms with Gasteiger partial charge in [-0.25, -0.2) is 0 Å². The van der Waals surface area contributed by atoms with E-state index in [0.717, 1.165) is 66.7 Å². The highest BCUT2D eigenvalue weighted by molar-refractivity contribution is 6.11. The average molecular weight is 758 g/mol. The molecule has 3 heteroatoms. The third kappa shape index (κ3) is 6.17. The Morgan fingerprint density at radius 1 is 0.322 bits per heavy atom. The van der Waals surface area contributed by atoms with E-state index in [2.05, 4.69) is 137 Å². The van der Waals surface area contributed by atoms with Crippen molar-refractivity contribution >= 4 is 77.5 Å². The van der Waals surface area contributed by atoms with Crippen molar-refractivity contribution in [2.45, 2.75) is 0 Å². The summed E-state index contributed by atoms with van der Waals surface area (Å²) in [5, 5.41) is 6.55. The Bertz CT molecular complexity index is 3440. The SMILES string of the molecule is [2H]c1c([2H])c(N(c2ccccc2)c2ccccc2)c([2H])c([2H])c1-c1ccc2cc(N(c3ccc4c5ccccc5n(-c5ccccc5)c4c3)c3cccc4ccccc34)ccc2c1. The number of fused-ring (bicyclic) bond motifs is 5. The first-order valence-corrected chi connectivity index (χ1v) is 19.9. The minimum atomic E-state index is -0.108. The van der Waals surface area contributed by atoms with Crippen molar-refractivity contribution in [3.8, 4) is 16.8 Å². The van der Waals surface area contributed by atoms with E-state index in [9.17, 15) is 5.48 Å². The Morgan fingerprint density at radius 2 is 0.898 bits per heavy atom. The van der Waals surface area contributed by atoms with E-state index in [4.69, 9.17) is 0 Å². The highest BCUT2D eigenvalue weighted by Gasteiger charge is 2.20. The van der Waals surface area contributed by atoms with Crippen LogP contribution in [0.5, 0.6) is 0 Å². The zero-order valence-corrected chi connectivity index (χ0v) is 32.0. The fourth-order valence-corrected chi connectivity index (χ4v) is 8.43. The molecule has 278 valence electrons. The van der Waals surface area contributed by atoms with Gasteiger partial charge in [0.15, 0.2) is 0 Å². The number of hydrogen-bond donors (Lipinski definition) is 0. The van der Waals surface area contributed by atoms with Gasteiger partial charge in [0.1, 0.15) is 0 Å². The van der Waals surface area contributed by atoms with Crippen molar-refractivity contribution < 1.29 is 5.48 Å². The maximum Gasteiger partial charge on any atom is 0.0645 e. The van der Waals surface area contributed by atoms with Gasteiger partial charge in [0, 0.05) is 50.3 Å². The second-order valence-corrected chi connectivity index (χ2v) is 14.7. The summed E-state index contributed by atoms with van der Waals surface area (Å²) in [6.45, 7) is 0. The van der Waals surface area contributed by atoms with Gasteiger partial charge in [-0.05, 0) is 118 Å². The van der Waals surface area contributed by atoms with Crippen molar-refractivity contribution in [3.05, 3.63) is 236 Å². The first-order valence-electron chi connectivity index (χ1n) is 21.9. The molecule has 0 aliphatic rings. The molecule has 0 fully saturated rings. The van der Waals surface area contributed by atoms with Crippen LogP contribution in [0.3, 0.4) is 0 Å². The standard InChI is InChI=1S/C56H39N3/c1-4-17-45(18-5-1)57(46-19-6-2-7-20-46)48-32-29-40(30-33-48)42-27-28-44-38-49(34-31-43(44)37-42)58(54-26-14-16-41-15-10-11-23-51(41)54)50-35-36-53-52-24-12-13-25-55(52)59(56(53)39-50)47-21-8-3-9-22-47/h1-39H/i29D,30D,32D,33D. The number of rotatable bonds is 8. The molecule has 1 heterocycles. The quantitative estimate of drug-likeness (QED) is 0.153. The monoisotopic (exact) mass is 757 g/mol. The van der Waals surface area contributed by atoms with Crippen molar-refractivity contribution in [2.24, 2.45) is 0 Å². The molecule has 0 spiro atoms. The number of nitrogens with zero attached hydrogens (tertiary/aromatic N) is 3. The molecule has 0 aliphatic heterocycles. The first-order chi connectivity index (χ1) is 30.9. The molecule has 0 bridgehead atoms. The van der Waals surface area contributed by atoms with Crippen molar-refractivity contribution in [1.82, 2.24) is 4.57 Å². The molecule has 0 saturated heterocycles. The topological polar surface area (TPSA) is 11.4 Å². The summed E-state index contributed by atoms with van der Waals surface area (Å²) in [4.78, 5) is 4.13. The van der Waals surface area contributed by atoms with Crippen LogP contribution in [0.25, 0.3) is 60.2 Å². The lowest BCUT2D eigenvalue weighted by atomic mass is 9.99. The van der Waals surface area contributed by atoms with Gasteiger partial charge in [-0.15, -0.1) is 0 Å². The van der Waals surface area contributed by atoms with Crippen molar-refractivity contribution in [3.63, 3.8) is 0 Å². The predicted molar refractivity (Wildman–Crippen MR) is 251 cm³/mol. The van der Waals surface area contributed by atoms with Crippen LogP contribution in [0, 0.1) is 0 Å². The van der Waals surface area contributed by atoms with Gasteiger partial charge in [-0.1, -0.05) is 146 Å². The van der Waals surface area contributed by atoms with Crippen molar-refractivity contribution in [2.75, 3.05) is 9.80 Å². The molecule has 0 amide bonds. The molecule has 11 aromatic rings. The highest BCUT2D eigenvalue weighted by atomic mass is 15.1. The van der Waals surface area contributed by atoms with Crippen LogP contribution in [0.15, 0.2) is 236 Å². The summed E-state index contributed by atoms with van der Waals surface area (Å²) in [6.07, 6.45) is 0. The van der Waals surface area contributed by atoms with Gasteiger partial charge < -0.3 is 14.4 Å². The molecule has 10 aromatic carbocycles. The molecule has 0 atom stereocenters. The molecule has 3 nitrogen and oxygen atoms in total. The van der Waals surface area contributed by atoms with Crippen LogP contribution in [0.1, 0.15) is 5.48 Å². The molecule has 0 saturated carbocycles. The number of hydrogen-bond acceptors (Lipinski definition) is 2. The second-order valence-electron chi connectivity index (χ2n) is 14.7. The fraction of sp³-hybridized carbons (Fsp3) is 0. The second kappa shape index (κ2) is 14.6. The Labute approximate surface area is 349 Å². The van der Waals surface area contributed by atoms with Crippen molar-refractivity contribution in [1.29, 1.82) is 0 Å². The smallest absolute Gasteiger partial charge is 0.0645 e. The van der Waals surface area contributed by atoms with Gasteiger partial charge in [0.05, 0.1) is 22.2 Å². The van der Waals surface area contributed by atoms with E-state index < -0.39 is 0 Å². The first kappa shape index (κ1) is 30.3. The molecule has 0 N–H and O–H groups in total. The number of benzene rings is 10.